The highest BCUT2D eigenvalue weighted by atomic mass is 16.5. The number of hydrogen-bond acceptors (Lipinski definition) is 1. The summed E-state index contributed by atoms with van der Waals surface area (Å²) in [5.41, 5.74) is 0. The van der Waals surface area contributed by atoms with E-state index in [1.54, 1.807) is 0 Å². The van der Waals surface area contributed by atoms with Crippen LogP contribution in [-0.4, -0.2) is 6.61 Å². The van der Waals surface area contributed by atoms with Crippen molar-refractivity contribution in [2.45, 2.75) is 48.5 Å². The molecule has 0 amide bonds. The van der Waals surface area contributed by atoms with E-state index in [1.807, 2.05) is 48.5 Å². The van der Waals surface area contributed by atoms with Gasteiger partial charge in [0.1, 0.15) is 0 Å². The Balaban J connectivity index is -0.0000000350. The molecule has 0 saturated heterocycles. The summed E-state index contributed by atoms with van der Waals surface area (Å²) in [6.45, 7) is 18.0. The molecule has 0 spiro atoms. The fourth-order valence-corrected chi connectivity index (χ4v) is 0.118. The maximum Gasteiger partial charge on any atom is 0.0844 e. The lowest BCUT2D eigenvalue weighted by molar-refractivity contribution is 0.270. The summed E-state index contributed by atoms with van der Waals surface area (Å²) in [5, 5.41) is 0. The van der Waals surface area contributed by atoms with Gasteiger partial charge in [0.25, 0.3) is 0 Å². The third-order valence-electron chi connectivity index (χ3n) is 0.285. The molecule has 0 aromatic heterocycles. The van der Waals surface area contributed by atoms with Crippen LogP contribution in [0.5, 0.6) is 0 Å². The third kappa shape index (κ3) is 229. The maximum absolute atomic E-state index is 4.60. The highest BCUT2D eigenvalue weighted by Gasteiger charge is 1.55. The quantitative estimate of drug-likeness (QED) is 0.552. The van der Waals surface area contributed by atoms with Crippen LogP contribution >= 0.6 is 0 Å². The zero-order chi connectivity index (χ0) is 10.1. The summed E-state index contributed by atoms with van der Waals surface area (Å²) >= 11 is 0. The average molecular weight is 162 g/mol. The normalized spacial score (nSPS) is 4.64. The molecule has 0 radical (unpaired) electrons. The first-order chi connectivity index (χ1) is 5.41. The van der Waals surface area contributed by atoms with Crippen LogP contribution in [0.4, 0.5) is 0 Å². The number of ether oxygens (including phenoxy) is 1. The van der Waals surface area contributed by atoms with Crippen LogP contribution < -0.4 is 0 Å². The molecule has 72 valence electrons. The molecule has 0 saturated carbocycles. The van der Waals surface area contributed by atoms with Gasteiger partial charge in [-0.15, -0.1) is 0 Å². The van der Waals surface area contributed by atoms with Gasteiger partial charge in [-0.1, -0.05) is 48.1 Å². The molecule has 0 unspecified atom stereocenters. The summed E-state index contributed by atoms with van der Waals surface area (Å²) < 4.78 is 4.60. The third-order valence-corrected chi connectivity index (χ3v) is 0.285. The minimum absolute atomic E-state index is 0.726. The first-order valence-electron chi connectivity index (χ1n) is 4.64. The minimum Gasteiger partial charge on any atom is -0.502 e. The largest absolute Gasteiger partial charge is 0.502 e. The summed E-state index contributed by atoms with van der Waals surface area (Å²) in [4.78, 5) is 0. The van der Waals surface area contributed by atoms with E-state index >= 15 is 0 Å². The maximum atomic E-state index is 4.60. The standard InChI is InChI=1S/C4H8O.3C2H6/c1-3-5-4-2;3*1-2/h3H,1,4H2,2H3;3*1-2H3. The van der Waals surface area contributed by atoms with Crippen LogP contribution in [0.1, 0.15) is 48.5 Å². The monoisotopic (exact) mass is 162 g/mol. The van der Waals surface area contributed by atoms with Gasteiger partial charge < -0.3 is 4.74 Å². The summed E-state index contributed by atoms with van der Waals surface area (Å²) in [6, 6.07) is 0. The molecule has 0 heterocycles. The predicted molar refractivity (Wildman–Crippen MR) is 55.9 cm³/mol. The predicted octanol–water partition coefficient (Wildman–Crippen LogP) is 4.25. The molecular formula is C10H26O. The van der Waals surface area contributed by atoms with Crippen LogP contribution in [-0.2, 0) is 4.74 Å². The molecule has 0 rings (SSSR count). The van der Waals surface area contributed by atoms with Gasteiger partial charge in [0.15, 0.2) is 0 Å². The van der Waals surface area contributed by atoms with Crippen LogP contribution in [0.25, 0.3) is 0 Å². The van der Waals surface area contributed by atoms with Crippen LogP contribution in [0.3, 0.4) is 0 Å². The molecule has 0 fully saturated rings. The zero-order valence-corrected chi connectivity index (χ0v) is 9.40. The summed E-state index contributed by atoms with van der Waals surface area (Å²) in [6.07, 6.45) is 1.43. The minimum atomic E-state index is 0.726. The Morgan fingerprint density at radius 2 is 1.27 bits per heavy atom. The van der Waals surface area contributed by atoms with Crippen molar-refractivity contribution in [3.63, 3.8) is 0 Å². The van der Waals surface area contributed by atoms with E-state index in [0.717, 1.165) is 6.61 Å². The fraction of sp³-hybridized carbons (Fsp3) is 0.800. The first kappa shape index (κ1) is 22.4. The molecule has 0 aliphatic carbocycles. The Morgan fingerprint density at radius 3 is 1.27 bits per heavy atom. The molecule has 0 aliphatic heterocycles. The van der Waals surface area contributed by atoms with Crippen molar-refractivity contribution < 1.29 is 4.74 Å². The van der Waals surface area contributed by atoms with Crippen LogP contribution in [0.15, 0.2) is 12.8 Å². The van der Waals surface area contributed by atoms with Gasteiger partial charge in [-0.3, -0.25) is 0 Å². The van der Waals surface area contributed by atoms with Crippen LogP contribution in [0, 0.1) is 0 Å². The molecule has 0 aliphatic rings. The molecule has 0 atom stereocenters. The molecule has 0 N–H and O–H groups in total. The lowest BCUT2D eigenvalue weighted by Gasteiger charge is -1.84. The van der Waals surface area contributed by atoms with E-state index in [2.05, 4.69) is 11.3 Å². The Bertz CT molecular complexity index is 26.1. The second-order valence-electron chi connectivity index (χ2n) is 0.622. The van der Waals surface area contributed by atoms with Gasteiger partial charge in [0.05, 0.1) is 12.9 Å². The highest BCUT2D eigenvalue weighted by Crippen LogP contribution is 1.65. The second kappa shape index (κ2) is 108. The van der Waals surface area contributed by atoms with E-state index in [1.165, 1.54) is 6.26 Å². The van der Waals surface area contributed by atoms with Crippen molar-refractivity contribution in [3.05, 3.63) is 12.8 Å². The van der Waals surface area contributed by atoms with E-state index in [0.29, 0.717) is 0 Å². The molecule has 11 heavy (non-hydrogen) atoms. The molecule has 0 bridgehead atoms. The van der Waals surface area contributed by atoms with Crippen molar-refractivity contribution in [2.75, 3.05) is 6.61 Å². The number of rotatable bonds is 2. The molecule has 0 aromatic rings. The van der Waals surface area contributed by atoms with Crippen LogP contribution in [0.2, 0.25) is 0 Å². The zero-order valence-electron chi connectivity index (χ0n) is 9.40. The van der Waals surface area contributed by atoms with E-state index < -0.39 is 0 Å². The fourth-order valence-electron chi connectivity index (χ4n) is 0.118. The Kier molecular flexibility index (Phi) is 220. The summed E-state index contributed by atoms with van der Waals surface area (Å²) in [7, 11) is 0. The van der Waals surface area contributed by atoms with Crippen molar-refractivity contribution >= 4 is 0 Å². The molecule has 1 nitrogen and oxygen atoms in total. The van der Waals surface area contributed by atoms with E-state index in [4.69, 9.17) is 0 Å². The smallest absolute Gasteiger partial charge is 0.0844 e. The highest BCUT2D eigenvalue weighted by molar-refractivity contribution is 4.45. The van der Waals surface area contributed by atoms with Crippen molar-refractivity contribution in [1.82, 2.24) is 0 Å². The molecular weight excluding hydrogens is 136 g/mol. The molecule has 0 aromatic carbocycles. The Labute approximate surface area is 73.5 Å². The van der Waals surface area contributed by atoms with Gasteiger partial charge in [-0.2, -0.15) is 0 Å². The Hall–Kier alpha value is -0.460. The summed E-state index contributed by atoms with van der Waals surface area (Å²) in [5.74, 6) is 0. The topological polar surface area (TPSA) is 9.23 Å². The van der Waals surface area contributed by atoms with E-state index in [9.17, 15) is 0 Å². The van der Waals surface area contributed by atoms with Gasteiger partial charge >= 0.3 is 0 Å². The van der Waals surface area contributed by atoms with E-state index in [-0.39, 0.29) is 0 Å². The Morgan fingerprint density at radius 1 is 1.00 bits per heavy atom. The van der Waals surface area contributed by atoms with Gasteiger partial charge in [-0.25, -0.2) is 0 Å². The van der Waals surface area contributed by atoms with Crippen molar-refractivity contribution in [2.24, 2.45) is 0 Å². The lowest BCUT2D eigenvalue weighted by Crippen LogP contribution is -1.72. The van der Waals surface area contributed by atoms with Gasteiger partial charge in [-0.05, 0) is 6.92 Å². The number of hydrogen-bond donors (Lipinski definition) is 0. The average Bonchev–Trinajstić information content (AvgIpc) is 2.16. The van der Waals surface area contributed by atoms with Gasteiger partial charge in [0, 0.05) is 0 Å². The van der Waals surface area contributed by atoms with Crippen molar-refractivity contribution in [3.8, 4) is 0 Å². The molecule has 1 heteroatoms. The second-order valence-corrected chi connectivity index (χ2v) is 0.622. The first-order valence-corrected chi connectivity index (χ1v) is 4.64. The van der Waals surface area contributed by atoms with Gasteiger partial charge in [0.2, 0.25) is 0 Å². The SMILES string of the molecule is C=COCC.CC.CC.CC. The van der Waals surface area contributed by atoms with Crippen molar-refractivity contribution in [1.29, 1.82) is 0 Å². The lowest BCUT2D eigenvalue weighted by atomic mass is 10.9.